The molecule has 27 heteroatoms. The Morgan fingerprint density at radius 1 is 0.742 bits per heavy atom. The van der Waals surface area contributed by atoms with Crippen molar-refractivity contribution in [3.8, 4) is 23.0 Å². The van der Waals surface area contributed by atoms with E-state index in [2.05, 4.69) is 40.7 Å². The maximum absolute atomic E-state index is 14.6. The molecule has 27 nitrogen and oxygen atoms in total. The maximum atomic E-state index is 14.6. The highest BCUT2D eigenvalue weighted by atomic mass is 16.7. The van der Waals surface area contributed by atoms with Gasteiger partial charge in [0.25, 0.3) is 11.8 Å². The SMILES string of the molecule is C=CCOC(=O)NC(C(=O)NC(C)C(=O)Nc1ccc(COC(=O)N2c3cc(OCc4cc(C(=O)O)cc(COc5cc6c(cc5OC)C(=O)N5CC(=C)C[C@H]5[C@H](OC5CCCCO5)N6C(=O)OC(C)(C)C)n4)c(OC)cc3C(=O)N3CC(=C)C[C@H]3[C@@H]2O)cc1)C(C)C. The van der Waals surface area contributed by atoms with Crippen LogP contribution in [0.4, 0.5) is 31.4 Å². The number of methoxy groups -OCH3 is 2. The van der Waals surface area contributed by atoms with Crippen LogP contribution < -0.4 is 44.7 Å². The van der Waals surface area contributed by atoms with E-state index in [0.717, 1.165) is 23.3 Å². The van der Waals surface area contributed by atoms with Gasteiger partial charge < -0.3 is 78.6 Å². The van der Waals surface area contributed by atoms with Gasteiger partial charge in [-0.05, 0) is 108 Å². The van der Waals surface area contributed by atoms with Crippen LogP contribution in [0.2, 0.25) is 0 Å². The molecule has 0 aliphatic carbocycles. The van der Waals surface area contributed by atoms with Gasteiger partial charge in [-0.1, -0.05) is 62.9 Å². The Kier molecular flexibility index (Phi) is 21.0. The Hall–Kier alpha value is -9.73. The van der Waals surface area contributed by atoms with Crippen molar-refractivity contribution in [2.75, 3.05) is 55.6 Å². The summed E-state index contributed by atoms with van der Waals surface area (Å²) in [5.41, 5.74) is 1.24. The predicted molar refractivity (Wildman–Crippen MR) is 335 cm³/mol. The van der Waals surface area contributed by atoms with Crippen LogP contribution in [-0.4, -0.2) is 162 Å². The summed E-state index contributed by atoms with van der Waals surface area (Å²) < 4.78 is 53.5. The molecule has 93 heavy (non-hydrogen) atoms. The second-order valence-electron chi connectivity index (χ2n) is 24.4. The van der Waals surface area contributed by atoms with Gasteiger partial charge in [0, 0.05) is 37.5 Å². The first-order chi connectivity index (χ1) is 44.2. The van der Waals surface area contributed by atoms with Crippen molar-refractivity contribution in [3.63, 3.8) is 0 Å². The van der Waals surface area contributed by atoms with Crippen molar-refractivity contribution in [3.05, 3.63) is 131 Å². The fourth-order valence-corrected chi connectivity index (χ4v) is 11.4. The smallest absolute Gasteiger partial charge is 0.417 e. The van der Waals surface area contributed by atoms with E-state index >= 15 is 0 Å². The molecule has 9 rings (SSSR count). The molecule has 6 heterocycles. The Balaban J connectivity index is 0.938. The number of benzene rings is 3. The predicted octanol–water partition coefficient (Wildman–Crippen LogP) is 7.98. The molecule has 0 radical (unpaired) electrons. The number of aromatic nitrogens is 1. The number of alkyl carbamates (subject to hydrolysis) is 1. The molecule has 4 aromatic rings. The topological polar surface area (TPSA) is 322 Å². The molecule has 3 fully saturated rings. The van der Waals surface area contributed by atoms with E-state index in [-0.39, 0.29) is 108 Å². The zero-order valence-corrected chi connectivity index (χ0v) is 53.1. The molecule has 0 spiro atoms. The second kappa shape index (κ2) is 28.8. The van der Waals surface area contributed by atoms with Crippen LogP contribution in [-0.2, 0) is 53.1 Å². The van der Waals surface area contributed by atoms with Gasteiger partial charge in [-0.3, -0.25) is 24.2 Å². The largest absolute Gasteiger partial charge is 0.493 e. The number of fused-ring (bicyclic) bond motifs is 4. The molecule has 0 saturated carbocycles. The summed E-state index contributed by atoms with van der Waals surface area (Å²) in [5, 5.41) is 30.3. The van der Waals surface area contributed by atoms with Gasteiger partial charge in [-0.25, -0.2) is 29.0 Å². The van der Waals surface area contributed by atoms with Crippen molar-refractivity contribution in [1.82, 2.24) is 25.4 Å². The van der Waals surface area contributed by atoms with E-state index < -0.39 is 103 Å². The van der Waals surface area contributed by atoms with Crippen LogP contribution in [0, 0.1) is 5.92 Å². The number of nitrogens with one attached hydrogen (secondary N) is 3. The molecule has 3 aromatic carbocycles. The van der Waals surface area contributed by atoms with Gasteiger partial charge in [0.05, 0.1) is 65.8 Å². The number of carbonyl (C=O) groups excluding carboxylic acids is 7. The van der Waals surface area contributed by atoms with Crippen molar-refractivity contribution in [2.24, 2.45) is 5.92 Å². The monoisotopic (exact) mass is 1290 g/mol. The molecule has 496 valence electrons. The number of rotatable bonds is 21. The molecule has 5 aliphatic heterocycles. The van der Waals surface area contributed by atoms with Gasteiger partial charge in [-0.15, -0.1) is 0 Å². The summed E-state index contributed by atoms with van der Waals surface area (Å²) in [6, 6.07) is 10.8. The van der Waals surface area contributed by atoms with Gasteiger partial charge in [0.2, 0.25) is 11.8 Å². The number of pyridine rings is 1. The van der Waals surface area contributed by atoms with Gasteiger partial charge >= 0.3 is 24.2 Å². The number of amides is 7. The van der Waals surface area contributed by atoms with Crippen LogP contribution in [0.15, 0.2) is 97.6 Å². The molecular formula is C66H78N8O19. The van der Waals surface area contributed by atoms with Crippen LogP contribution in [0.1, 0.15) is 122 Å². The first-order valence-corrected chi connectivity index (χ1v) is 30.3. The lowest BCUT2D eigenvalue weighted by molar-refractivity contribution is -0.195. The molecule has 0 bridgehead atoms. The lowest BCUT2D eigenvalue weighted by atomic mass is 10.0. The normalized spacial score (nSPS) is 20.0. The summed E-state index contributed by atoms with van der Waals surface area (Å²) in [4.78, 5) is 119. The summed E-state index contributed by atoms with van der Waals surface area (Å²) >= 11 is 0. The number of aliphatic hydroxyl groups is 1. The highest BCUT2D eigenvalue weighted by Gasteiger charge is 2.50. The van der Waals surface area contributed by atoms with Crippen molar-refractivity contribution < 1.29 is 91.2 Å². The summed E-state index contributed by atoms with van der Waals surface area (Å²) in [7, 11) is 2.71. The average Bonchev–Trinajstić information content (AvgIpc) is 1.63. The summed E-state index contributed by atoms with van der Waals surface area (Å²) in [5.74, 6) is -3.68. The Morgan fingerprint density at radius 3 is 1.86 bits per heavy atom. The average molecular weight is 1290 g/mol. The number of aromatic carboxylic acids is 1. The Bertz CT molecular complexity index is 3580. The molecule has 5 aliphatic rings. The minimum absolute atomic E-state index is 0.0278. The third kappa shape index (κ3) is 15.6. The van der Waals surface area contributed by atoms with Crippen molar-refractivity contribution in [2.45, 2.75) is 142 Å². The quantitative estimate of drug-likeness (QED) is 0.0390. The van der Waals surface area contributed by atoms with Crippen molar-refractivity contribution >= 4 is 64.9 Å². The molecule has 5 N–H and O–H groups in total. The molecule has 3 unspecified atom stereocenters. The van der Waals surface area contributed by atoms with Crippen LogP contribution >= 0.6 is 0 Å². The van der Waals surface area contributed by atoms with Crippen LogP contribution in [0.25, 0.3) is 0 Å². The van der Waals surface area contributed by atoms with Gasteiger partial charge in [0.1, 0.15) is 44.1 Å². The number of hydrogen-bond donors (Lipinski definition) is 5. The van der Waals surface area contributed by atoms with E-state index in [1.807, 2.05) is 0 Å². The number of aliphatic hydroxyl groups excluding tert-OH is 1. The first kappa shape index (κ1) is 67.7. The van der Waals surface area contributed by atoms with Crippen LogP contribution in [0.3, 0.4) is 0 Å². The molecular weight excluding hydrogens is 1210 g/mol. The molecule has 7 atom stereocenters. The Morgan fingerprint density at radius 2 is 1.32 bits per heavy atom. The number of carboxylic acid groups (broad SMARTS) is 1. The number of ether oxygens (including phenoxy) is 9. The molecule has 7 amide bonds. The third-order valence-corrected chi connectivity index (χ3v) is 15.9. The fourth-order valence-electron chi connectivity index (χ4n) is 11.4. The van der Waals surface area contributed by atoms with E-state index in [0.29, 0.717) is 36.3 Å². The van der Waals surface area contributed by atoms with Crippen molar-refractivity contribution in [1.29, 1.82) is 0 Å². The minimum Gasteiger partial charge on any atom is -0.493 e. The highest BCUT2D eigenvalue weighted by Crippen LogP contribution is 2.45. The summed E-state index contributed by atoms with van der Waals surface area (Å²) in [6.07, 6.45) is -2.05. The van der Waals surface area contributed by atoms with Gasteiger partial charge in [-0.2, -0.15) is 0 Å². The lowest BCUT2D eigenvalue weighted by Crippen LogP contribution is -2.54. The zero-order valence-electron chi connectivity index (χ0n) is 53.1. The maximum Gasteiger partial charge on any atom is 0.417 e. The first-order valence-electron chi connectivity index (χ1n) is 30.3. The van der Waals surface area contributed by atoms with E-state index in [4.69, 9.17) is 42.6 Å². The third-order valence-electron chi connectivity index (χ3n) is 15.9. The second-order valence-corrected chi connectivity index (χ2v) is 24.4. The Labute approximate surface area is 537 Å². The van der Waals surface area contributed by atoms with Crippen LogP contribution in [0.5, 0.6) is 23.0 Å². The highest BCUT2D eigenvalue weighted by molar-refractivity contribution is 6.07. The number of hydrogen-bond acceptors (Lipinski definition) is 19. The number of carbonyl (C=O) groups is 8. The molecule has 1 aromatic heterocycles. The lowest BCUT2D eigenvalue weighted by Gasteiger charge is -2.39. The van der Waals surface area contributed by atoms with E-state index in [1.54, 1.807) is 63.8 Å². The van der Waals surface area contributed by atoms with E-state index in [1.165, 1.54) is 73.4 Å². The standard InChI is InChI=1S/C66H78N8O19/c1-12-20-88-63(82)70-55(35(2)3)57(76)67-38(6)56(75)69-41-18-16-39(17-19-41)32-91-64(83)73-46-28-52(50(85-10)26-44(46)58(77)71-30-36(4)22-48(71)60(73)79)89-33-42-24-40(62(80)81)25-43(68-42)34-90-53-29-47-45(27-51(53)86-11)59(78)72-31-37(5)23-49(72)61(92-54-15-13-14-21-87-54)74(47)65(84)93-66(7,8)9/h12,16-19,24-29,35,38,48-49,54-55,60-61,79H,1,4-5,13-15,20-23,30-34H2,2-3,6-11H3,(H,67,76)(H,69,75)(H,70,82)(H,80,81)/t38?,48-,49-,54?,55?,60-,61-/m0/s1. The number of nitrogens with zero attached hydrogens (tertiary/aromatic N) is 5. The van der Waals surface area contributed by atoms with E-state index in [9.17, 15) is 48.6 Å². The fraction of sp³-hybridized carbons (Fsp3) is 0.439. The van der Waals surface area contributed by atoms with Gasteiger partial charge in [0.15, 0.2) is 41.7 Å². The number of carboxylic acids is 1. The zero-order chi connectivity index (χ0) is 67.2. The minimum atomic E-state index is -1.67. The number of anilines is 3. The summed E-state index contributed by atoms with van der Waals surface area (Å²) in [6.45, 7) is 21.3. The molecule has 3 saturated heterocycles.